The first-order valence-corrected chi connectivity index (χ1v) is 10.9. The second-order valence-corrected chi connectivity index (χ2v) is 8.18. The first-order valence-electron chi connectivity index (χ1n) is 10.9. The highest BCUT2D eigenvalue weighted by molar-refractivity contribution is 5.89. The second-order valence-electron chi connectivity index (χ2n) is 8.18. The third-order valence-electron chi connectivity index (χ3n) is 6.07. The summed E-state index contributed by atoms with van der Waals surface area (Å²) in [6, 6.07) is 15.7. The molecule has 1 amide bonds. The molecule has 160 valence electrons. The summed E-state index contributed by atoms with van der Waals surface area (Å²) in [5.74, 6) is 1.02. The number of aliphatic imine (C=N–C) groups is 1. The number of furan rings is 1. The predicted molar refractivity (Wildman–Crippen MR) is 117 cm³/mol. The van der Waals surface area contributed by atoms with Gasteiger partial charge in [0.15, 0.2) is 11.7 Å². The third-order valence-corrected chi connectivity index (χ3v) is 6.07. The highest BCUT2D eigenvalue weighted by Crippen LogP contribution is 2.36. The lowest BCUT2D eigenvalue weighted by Crippen LogP contribution is -2.52. The van der Waals surface area contributed by atoms with Gasteiger partial charge in [-0.05, 0) is 50.3 Å². The highest BCUT2D eigenvalue weighted by Gasteiger charge is 2.40. The molecule has 1 aromatic carbocycles. The number of benzene rings is 1. The van der Waals surface area contributed by atoms with Crippen LogP contribution in [0.2, 0.25) is 0 Å². The van der Waals surface area contributed by atoms with Gasteiger partial charge < -0.3 is 20.8 Å². The van der Waals surface area contributed by atoms with E-state index in [9.17, 15) is 4.79 Å². The lowest BCUT2D eigenvalue weighted by molar-refractivity contribution is 0.0972. The summed E-state index contributed by atoms with van der Waals surface area (Å²) in [5.41, 5.74) is 6.64. The van der Waals surface area contributed by atoms with E-state index >= 15 is 0 Å². The number of primary amides is 1. The minimum atomic E-state index is -0.562. The molecular weight excluding hydrogens is 378 g/mol. The van der Waals surface area contributed by atoms with E-state index in [1.54, 1.807) is 12.1 Å². The quantitative estimate of drug-likeness (QED) is 0.483. The van der Waals surface area contributed by atoms with Gasteiger partial charge in [-0.3, -0.25) is 9.69 Å². The predicted octanol–water partition coefficient (Wildman–Crippen LogP) is 2.63. The number of fused-ring (bicyclic) bond motifs is 2. The average molecular weight is 410 g/mol. The molecule has 30 heavy (non-hydrogen) atoms. The molecular formula is C23H31N5O2. The molecule has 2 aromatic rings. The normalized spacial score (nSPS) is 24.0. The van der Waals surface area contributed by atoms with Crippen LogP contribution in [0.3, 0.4) is 0 Å². The minimum Gasteiger partial charge on any atom is -0.454 e. The van der Waals surface area contributed by atoms with E-state index in [4.69, 9.17) is 10.2 Å². The molecule has 7 nitrogen and oxygen atoms in total. The maximum atomic E-state index is 11.2. The smallest absolute Gasteiger partial charge is 0.284 e. The van der Waals surface area contributed by atoms with Crippen molar-refractivity contribution in [3.05, 3.63) is 59.5 Å². The zero-order valence-corrected chi connectivity index (χ0v) is 17.5. The van der Waals surface area contributed by atoms with E-state index in [0.717, 1.165) is 31.9 Å². The third kappa shape index (κ3) is 4.84. The SMILES string of the molecule is CCNC(=NCc1ccc(C(N)=O)o1)NC1CC2CCC(C1)N2Cc1ccccc1. The zero-order valence-electron chi connectivity index (χ0n) is 17.5. The molecule has 0 saturated carbocycles. The fraction of sp³-hybridized carbons (Fsp3) is 0.478. The number of piperidine rings is 1. The van der Waals surface area contributed by atoms with Crippen LogP contribution in [-0.2, 0) is 13.1 Å². The lowest BCUT2D eigenvalue weighted by atomic mass is 9.96. The Labute approximate surface area is 177 Å². The Morgan fingerprint density at radius 1 is 1.17 bits per heavy atom. The Bertz CT molecular complexity index is 865. The topological polar surface area (TPSA) is 95.9 Å². The number of carbonyl (C=O) groups excluding carboxylic acids is 1. The Morgan fingerprint density at radius 3 is 2.53 bits per heavy atom. The summed E-state index contributed by atoms with van der Waals surface area (Å²) in [5, 5.41) is 6.94. The number of hydrogen-bond donors (Lipinski definition) is 3. The van der Waals surface area contributed by atoms with Gasteiger partial charge in [-0.2, -0.15) is 0 Å². The van der Waals surface area contributed by atoms with E-state index in [1.807, 2.05) is 0 Å². The number of carbonyl (C=O) groups is 1. The Balaban J connectivity index is 1.36. The van der Waals surface area contributed by atoms with Crippen molar-refractivity contribution in [3.63, 3.8) is 0 Å². The van der Waals surface area contributed by atoms with E-state index in [-0.39, 0.29) is 5.76 Å². The molecule has 2 fully saturated rings. The van der Waals surface area contributed by atoms with Gasteiger partial charge in [0, 0.05) is 31.2 Å². The number of amides is 1. The van der Waals surface area contributed by atoms with Crippen molar-refractivity contribution < 1.29 is 9.21 Å². The minimum absolute atomic E-state index is 0.167. The Morgan fingerprint density at radius 2 is 1.90 bits per heavy atom. The highest BCUT2D eigenvalue weighted by atomic mass is 16.3. The molecule has 2 aliphatic rings. The van der Waals surface area contributed by atoms with E-state index in [0.29, 0.717) is 30.4 Å². The van der Waals surface area contributed by atoms with Crippen molar-refractivity contribution in [3.8, 4) is 0 Å². The maximum Gasteiger partial charge on any atom is 0.284 e. The molecule has 2 aliphatic heterocycles. The van der Waals surface area contributed by atoms with E-state index in [1.165, 1.54) is 18.4 Å². The van der Waals surface area contributed by atoms with Crippen LogP contribution < -0.4 is 16.4 Å². The summed E-state index contributed by atoms with van der Waals surface area (Å²) in [4.78, 5) is 18.5. The summed E-state index contributed by atoms with van der Waals surface area (Å²) >= 11 is 0. The first kappa shape index (κ1) is 20.5. The fourth-order valence-corrected chi connectivity index (χ4v) is 4.71. The number of nitrogens with one attached hydrogen (secondary N) is 2. The molecule has 0 radical (unpaired) electrons. The van der Waals surface area contributed by atoms with Crippen LogP contribution in [0.5, 0.6) is 0 Å². The fourth-order valence-electron chi connectivity index (χ4n) is 4.71. The van der Waals surface area contributed by atoms with Crippen molar-refractivity contribution >= 4 is 11.9 Å². The van der Waals surface area contributed by atoms with Crippen molar-refractivity contribution in [1.82, 2.24) is 15.5 Å². The number of guanidine groups is 1. The summed E-state index contributed by atoms with van der Waals surface area (Å²) in [7, 11) is 0. The molecule has 2 atom stereocenters. The van der Waals surface area contributed by atoms with Crippen molar-refractivity contribution in [1.29, 1.82) is 0 Å². The van der Waals surface area contributed by atoms with E-state index in [2.05, 4.69) is 57.8 Å². The number of nitrogens with zero attached hydrogens (tertiary/aromatic N) is 2. The summed E-state index contributed by atoms with van der Waals surface area (Å²) in [6.45, 7) is 4.25. The number of nitrogens with two attached hydrogens (primary N) is 1. The Hall–Kier alpha value is -2.80. The van der Waals surface area contributed by atoms with Crippen LogP contribution in [0.1, 0.15) is 54.5 Å². The molecule has 2 bridgehead atoms. The standard InChI is InChI=1S/C23H31N5O2/c1-2-25-23(26-14-20-10-11-21(30-20)22(24)29)27-17-12-18-8-9-19(13-17)28(18)15-16-6-4-3-5-7-16/h3-7,10-11,17-19H,2,8-9,12-15H2,1H3,(H2,24,29)(H2,25,26,27). The van der Waals surface area contributed by atoms with E-state index < -0.39 is 5.91 Å². The van der Waals surface area contributed by atoms with Crippen LogP contribution in [0.15, 0.2) is 51.9 Å². The first-order chi connectivity index (χ1) is 14.6. The second kappa shape index (κ2) is 9.34. The van der Waals surface area contributed by atoms with Crippen LogP contribution in [0.25, 0.3) is 0 Å². The van der Waals surface area contributed by atoms with Crippen molar-refractivity contribution in [2.75, 3.05) is 6.54 Å². The van der Waals surface area contributed by atoms with Gasteiger partial charge in [-0.15, -0.1) is 0 Å². The molecule has 2 saturated heterocycles. The summed E-state index contributed by atoms with van der Waals surface area (Å²) < 4.78 is 5.43. The van der Waals surface area contributed by atoms with Crippen LogP contribution >= 0.6 is 0 Å². The van der Waals surface area contributed by atoms with Crippen LogP contribution in [0, 0.1) is 0 Å². The molecule has 7 heteroatoms. The largest absolute Gasteiger partial charge is 0.454 e. The average Bonchev–Trinajstić information content (AvgIpc) is 3.30. The lowest BCUT2D eigenvalue weighted by Gasteiger charge is -2.39. The number of rotatable bonds is 7. The molecule has 0 aliphatic carbocycles. The van der Waals surface area contributed by atoms with Gasteiger partial charge in [0.05, 0.1) is 0 Å². The van der Waals surface area contributed by atoms with Gasteiger partial charge in [0.25, 0.3) is 5.91 Å². The monoisotopic (exact) mass is 409 g/mol. The van der Waals surface area contributed by atoms with Gasteiger partial charge in [0.1, 0.15) is 12.3 Å². The van der Waals surface area contributed by atoms with Crippen LogP contribution in [-0.4, -0.2) is 41.4 Å². The molecule has 4 N–H and O–H groups in total. The molecule has 1 aromatic heterocycles. The molecule has 4 rings (SSSR count). The summed E-state index contributed by atoms with van der Waals surface area (Å²) in [6.07, 6.45) is 4.79. The van der Waals surface area contributed by atoms with Crippen LogP contribution in [0.4, 0.5) is 0 Å². The van der Waals surface area contributed by atoms with Crippen molar-refractivity contribution in [2.45, 2.75) is 63.8 Å². The van der Waals surface area contributed by atoms with Gasteiger partial charge in [0.2, 0.25) is 0 Å². The number of hydrogen-bond acceptors (Lipinski definition) is 4. The molecule has 0 spiro atoms. The molecule has 2 unspecified atom stereocenters. The van der Waals surface area contributed by atoms with Gasteiger partial charge in [-0.25, -0.2) is 4.99 Å². The van der Waals surface area contributed by atoms with Gasteiger partial charge in [-0.1, -0.05) is 30.3 Å². The zero-order chi connectivity index (χ0) is 20.9. The maximum absolute atomic E-state index is 11.2. The Kier molecular flexibility index (Phi) is 6.38. The van der Waals surface area contributed by atoms with Gasteiger partial charge >= 0.3 is 0 Å². The molecule has 3 heterocycles. The van der Waals surface area contributed by atoms with Crippen molar-refractivity contribution in [2.24, 2.45) is 10.7 Å².